The van der Waals surface area contributed by atoms with Crippen LogP contribution in [-0.4, -0.2) is 52.5 Å². The molecular weight excluding hydrogens is 406 g/mol. The lowest BCUT2D eigenvalue weighted by Crippen LogP contribution is -2.56. The Bertz CT molecular complexity index is 1010. The SMILES string of the molecule is Cc1ccccc1NC(=O)[C@H]1[C@H]2C(=O)N(C3CC3)[C@H](C(=O)NC3CCCC3)[C@]23C=C[C@H]1O3. The summed E-state index contributed by atoms with van der Waals surface area (Å²) in [5, 5.41) is 6.19. The van der Waals surface area contributed by atoms with Gasteiger partial charge in [-0.2, -0.15) is 0 Å². The number of amides is 3. The third-order valence-electron chi connectivity index (χ3n) is 7.91. The van der Waals surface area contributed by atoms with Crippen LogP contribution in [0, 0.1) is 18.8 Å². The molecule has 1 aromatic rings. The second kappa shape index (κ2) is 7.17. The molecule has 6 rings (SSSR count). The molecule has 5 aliphatic rings. The van der Waals surface area contributed by atoms with Crippen LogP contribution >= 0.6 is 0 Å². The van der Waals surface area contributed by atoms with Crippen molar-refractivity contribution in [1.29, 1.82) is 0 Å². The van der Waals surface area contributed by atoms with E-state index in [9.17, 15) is 14.4 Å². The van der Waals surface area contributed by atoms with Gasteiger partial charge in [-0.3, -0.25) is 14.4 Å². The molecule has 0 aromatic heterocycles. The van der Waals surface area contributed by atoms with Gasteiger partial charge >= 0.3 is 0 Å². The number of rotatable bonds is 5. The summed E-state index contributed by atoms with van der Waals surface area (Å²) in [6.07, 6.45) is 9.26. The minimum absolute atomic E-state index is 0.0675. The van der Waals surface area contributed by atoms with Crippen LogP contribution in [0.1, 0.15) is 44.1 Å². The summed E-state index contributed by atoms with van der Waals surface area (Å²) in [7, 11) is 0. The van der Waals surface area contributed by atoms with Crippen LogP contribution in [0.5, 0.6) is 0 Å². The fourth-order valence-electron chi connectivity index (χ4n) is 6.23. The molecule has 3 heterocycles. The lowest BCUT2D eigenvalue weighted by molar-refractivity contribution is -0.142. The molecule has 2 saturated heterocycles. The molecule has 2 aliphatic carbocycles. The number of para-hydroxylation sites is 1. The smallest absolute Gasteiger partial charge is 0.246 e. The van der Waals surface area contributed by atoms with Gasteiger partial charge in [0, 0.05) is 17.8 Å². The van der Waals surface area contributed by atoms with Crippen LogP contribution in [-0.2, 0) is 19.1 Å². The van der Waals surface area contributed by atoms with Gasteiger partial charge in [-0.15, -0.1) is 0 Å². The van der Waals surface area contributed by atoms with E-state index in [1.807, 2.05) is 43.3 Å². The number of fused-ring (bicyclic) bond motifs is 1. The highest BCUT2D eigenvalue weighted by Crippen LogP contribution is 2.57. The zero-order valence-corrected chi connectivity index (χ0v) is 18.3. The number of hydrogen-bond donors (Lipinski definition) is 2. The summed E-state index contributed by atoms with van der Waals surface area (Å²) in [6, 6.07) is 7.12. The number of nitrogens with one attached hydrogen (secondary N) is 2. The van der Waals surface area contributed by atoms with Crippen LogP contribution < -0.4 is 10.6 Å². The number of anilines is 1. The van der Waals surface area contributed by atoms with E-state index in [1.54, 1.807) is 4.90 Å². The zero-order valence-electron chi connectivity index (χ0n) is 18.3. The molecule has 3 amide bonds. The minimum atomic E-state index is -1.05. The van der Waals surface area contributed by atoms with E-state index >= 15 is 0 Å². The van der Waals surface area contributed by atoms with Gasteiger partial charge in [0.2, 0.25) is 17.7 Å². The molecule has 2 saturated carbocycles. The van der Waals surface area contributed by atoms with Crippen LogP contribution in [0.25, 0.3) is 0 Å². The lowest BCUT2D eigenvalue weighted by atomic mass is 9.74. The summed E-state index contributed by atoms with van der Waals surface area (Å²) < 4.78 is 6.37. The topological polar surface area (TPSA) is 87.7 Å². The monoisotopic (exact) mass is 435 g/mol. The number of carbonyl (C=O) groups excluding carboxylic acids is 3. The number of hydrogen-bond acceptors (Lipinski definition) is 4. The van der Waals surface area contributed by atoms with Crippen molar-refractivity contribution in [1.82, 2.24) is 10.2 Å². The molecule has 7 heteroatoms. The summed E-state index contributed by atoms with van der Waals surface area (Å²) in [5.74, 6) is -1.78. The van der Waals surface area contributed by atoms with Crippen molar-refractivity contribution in [3.05, 3.63) is 42.0 Å². The second-order valence-electron chi connectivity index (χ2n) is 9.97. The van der Waals surface area contributed by atoms with Crippen LogP contribution in [0.4, 0.5) is 5.69 Å². The molecular formula is C25H29N3O4. The summed E-state index contributed by atoms with van der Waals surface area (Å²) >= 11 is 0. The first-order valence-corrected chi connectivity index (χ1v) is 11.9. The average molecular weight is 436 g/mol. The fraction of sp³-hybridized carbons (Fsp3) is 0.560. The minimum Gasteiger partial charge on any atom is -0.359 e. The molecule has 0 unspecified atom stereocenters. The molecule has 0 radical (unpaired) electrons. The van der Waals surface area contributed by atoms with Gasteiger partial charge in [0.1, 0.15) is 11.6 Å². The number of nitrogens with zero attached hydrogens (tertiary/aromatic N) is 1. The first-order chi connectivity index (χ1) is 15.5. The third kappa shape index (κ3) is 2.86. The predicted octanol–water partition coefficient (Wildman–Crippen LogP) is 2.31. The third-order valence-corrected chi connectivity index (χ3v) is 7.91. The van der Waals surface area contributed by atoms with Gasteiger partial charge in [0.25, 0.3) is 0 Å². The predicted molar refractivity (Wildman–Crippen MR) is 118 cm³/mol. The zero-order chi connectivity index (χ0) is 22.0. The number of likely N-dealkylation sites (tertiary alicyclic amines) is 1. The second-order valence-corrected chi connectivity index (χ2v) is 9.97. The highest BCUT2D eigenvalue weighted by Gasteiger charge is 2.74. The Morgan fingerprint density at radius 3 is 2.56 bits per heavy atom. The van der Waals surface area contributed by atoms with Crippen molar-refractivity contribution >= 4 is 23.4 Å². The Kier molecular flexibility index (Phi) is 4.47. The Morgan fingerprint density at radius 2 is 1.84 bits per heavy atom. The van der Waals surface area contributed by atoms with E-state index in [4.69, 9.17) is 4.74 Å². The Balaban J connectivity index is 1.31. The summed E-state index contributed by atoms with van der Waals surface area (Å²) in [6.45, 7) is 1.94. The number of carbonyl (C=O) groups is 3. The quantitative estimate of drug-likeness (QED) is 0.695. The van der Waals surface area contributed by atoms with Crippen molar-refractivity contribution in [2.75, 3.05) is 5.32 Å². The standard InChI is InChI=1S/C25H29N3O4/c1-14-6-2-5-9-17(14)27-22(29)19-18-12-13-25(32-18)20(19)24(31)28(16-10-11-16)21(25)23(30)26-15-7-3-4-8-15/h2,5-6,9,12-13,15-16,18-21H,3-4,7-8,10-11H2,1H3,(H,26,30)(H,27,29)/t18-,19-,20+,21-,25+/m1/s1. The molecule has 5 atom stereocenters. The van der Waals surface area contributed by atoms with Crippen molar-refractivity contribution < 1.29 is 19.1 Å². The first kappa shape index (κ1) is 20.0. The Morgan fingerprint density at radius 1 is 1.09 bits per heavy atom. The summed E-state index contributed by atoms with van der Waals surface area (Å²) in [4.78, 5) is 42.3. The van der Waals surface area contributed by atoms with Crippen molar-refractivity contribution in [2.45, 2.75) is 75.3 Å². The van der Waals surface area contributed by atoms with E-state index in [-0.39, 0.29) is 29.8 Å². The first-order valence-electron chi connectivity index (χ1n) is 11.9. The van der Waals surface area contributed by atoms with E-state index in [1.165, 1.54) is 0 Å². The van der Waals surface area contributed by atoms with Gasteiger partial charge < -0.3 is 20.3 Å². The van der Waals surface area contributed by atoms with Crippen molar-refractivity contribution in [3.63, 3.8) is 0 Å². The van der Waals surface area contributed by atoms with E-state index in [2.05, 4.69) is 10.6 Å². The maximum atomic E-state index is 13.7. The van der Waals surface area contributed by atoms with E-state index in [0.29, 0.717) is 0 Å². The van der Waals surface area contributed by atoms with E-state index in [0.717, 1.165) is 49.8 Å². The highest BCUT2D eigenvalue weighted by atomic mass is 16.5. The highest BCUT2D eigenvalue weighted by molar-refractivity contribution is 6.03. The normalized spacial score (nSPS) is 35.4. The molecule has 2 N–H and O–H groups in total. The van der Waals surface area contributed by atoms with Crippen LogP contribution in [0.2, 0.25) is 0 Å². The molecule has 1 aromatic carbocycles. The molecule has 1 spiro atoms. The maximum Gasteiger partial charge on any atom is 0.246 e. The average Bonchev–Trinajstić information content (AvgIpc) is 3.12. The molecule has 2 bridgehead atoms. The molecule has 168 valence electrons. The lowest BCUT2D eigenvalue weighted by Gasteiger charge is -2.33. The van der Waals surface area contributed by atoms with Crippen LogP contribution in [0.15, 0.2) is 36.4 Å². The number of ether oxygens (including phenoxy) is 1. The number of benzene rings is 1. The fourth-order valence-corrected chi connectivity index (χ4v) is 6.23. The summed E-state index contributed by atoms with van der Waals surface area (Å²) in [5.41, 5.74) is 0.639. The molecule has 3 aliphatic heterocycles. The van der Waals surface area contributed by atoms with Gasteiger partial charge in [-0.05, 0) is 44.2 Å². The number of aryl methyl sites for hydroxylation is 1. The van der Waals surface area contributed by atoms with E-state index < -0.39 is 29.6 Å². The molecule has 7 nitrogen and oxygen atoms in total. The maximum absolute atomic E-state index is 13.7. The Labute approximate surface area is 187 Å². The van der Waals surface area contributed by atoms with Crippen molar-refractivity contribution in [3.8, 4) is 0 Å². The van der Waals surface area contributed by atoms with Gasteiger partial charge in [-0.1, -0.05) is 43.2 Å². The van der Waals surface area contributed by atoms with Crippen molar-refractivity contribution in [2.24, 2.45) is 11.8 Å². The van der Waals surface area contributed by atoms with Gasteiger partial charge in [-0.25, -0.2) is 0 Å². The van der Waals surface area contributed by atoms with Gasteiger partial charge in [0.15, 0.2) is 0 Å². The molecule has 32 heavy (non-hydrogen) atoms. The Hall–Kier alpha value is -2.67. The van der Waals surface area contributed by atoms with Gasteiger partial charge in [0.05, 0.1) is 17.9 Å². The van der Waals surface area contributed by atoms with Crippen LogP contribution in [0.3, 0.4) is 0 Å². The largest absolute Gasteiger partial charge is 0.359 e. The molecule has 4 fully saturated rings.